The zero-order chi connectivity index (χ0) is 14.4. The van der Waals surface area contributed by atoms with Crippen LogP contribution in [-0.2, 0) is 14.3 Å². The first-order chi connectivity index (χ1) is 8.31. The molecule has 0 aromatic rings. The number of hydrogen-bond donors (Lipinski definition) is 1. The van der Waals surface area contributed by atoms with Crippen LogP contribution in [0, 0.1) is 10.8 Å². The molecular formula is C14H26O4. The SMILES string of the molecule is CCC(C)(CCC(CC)(CC)C(=O)OC)C(=O)O. The van der Waals surface area contributed by atoms with Gasteiger partial charge in [-0.1, -0.05) is 20.8 Å². The topological polar surface area (TPSA) is 63.6 Å². The molecule has 1 N–H and O–H groups in total. The standard InChI is InChI=1S/C14H26O4/c1-6-13(4,11(15)16)9-10-14(7-2,8-3)12(17)18-5/h6-10H2,1-5H3,(H,15,16). The van der Waals surface area contributed by atoms with E-state index in [1.54, 1.807) is 6.92 Å². The average Bonchev–Trinajstić information content (AvgIpc) is 2.39. The Morgan fingerprint density at radius 2 is 1.56 bits per heavy atom. The summed E-state index contributed by atoms with van der Waals surface area (Å²) in [5, 5.41) is 9.25. The Balaban J connectivity index is 4.92. The first-order valence-electron chi connectivity index (χ1n) is 6.63. The van der Waals surface area contributed by atoms with Crippen molar-refractivity contribution >= 4 is 11.9 Å². The predicted octanol–water partition coefficient (Wildman–Crippen LogP) is 3.25. The minimum atomic E-state index is -0.795. The molecule has 0 saturated heterocycles. The van der Waals surface area contributed by atoms with Crippen molar-refractivity contribution in [1.82, 2.24) is 0 Å². The Labute approximate surface area is 110 Å². The fourth-order valence-corrected chi connectivity index (χ4v) is 2.16. The summed E-state index contributed by atoms with van der Waals surface area (Å²) in [4.78, 5) is 23.2. The second-order valence-electron chi connectivity index (χ2n) is 5.20. The van der Waals surface area contributed by atoms with Gasteiger partial charge < -0.3 is 9.84 Å². The van der Waals surface area contributed by atoms with Crippen LogP contribution in [0.5, 0.6) is 0 Å². The highest BCUT2D eigenvalue weighted by atomic mass is 16.5. The average molecular weight is 258 g/mol. The molecule has 1 unspecified atom stereocenters. The predicted molar refractivity (Wildman–Crippen MR) is 70.3 cm³/mol. The van der Waals surface area contributed by atoms with Gasteiger partial charge in [-0.25, -0.2) is 0 Å². The summed E-state index contributed by atoms with van der Waals surface area (Å²) in [6, 6.07) is 0. The molecule has 0 amide bonds. The minimum Gasteiger partial charge on any atom is -0.481 e. The molecule has 0 saturated carbocycles. The van der Waals surface area contributed by atoms with Crippen LogP contribution in [0.4, 0.5) is 0 Å². The third-order valence-corrected chi connectivity index (χ3v) is 4.42. The van der Waals surface area contributed by atoms with Crippen LogP contribution in [0.2, 0.25) is 0 Å². The van der Waals surface area contributed by atoms with Gasteiger partial charge >= 0.3 is 11.9 Å². The Morgan fingerprint density at radius 1 is 1.06 bits per heavy atom. The lowest BCUT2D eigenvalue weighted by atomic mass is 9.72. The summed E-state index contributed by atoms with van der Waals surface area (Å²) in [6.45, 7) is 7.50. The number of carboxylic acid groups (broad SMARTS) is 1. The van der Waals surface area contributed by atoms with E-state index < -0.39 is 16.8 Å². The van der Waals surface area contributed by atoms with Gasteiger partial charge in [0.15, 0.2) is 0 Å². The Kier molecular flexibility index (Phi) is 6.36. The Bertz CT molecular complexity index is 294. The number of carbonyl (C=O) groups is 2. The quantitative estimate of drug-likeness (QED) is 0.679. The highest BCUT2D eigenvalue weighted by Gasteiger charge is 2.40. The van der Waals surface area contributed by atoms with Gasteiger partial charge in [-0.05, 0) is 39.0 Å². The fourth-order valence-electron chi connectivity index (χ4n) is 2.16. The van der Waals surface area contributed by atoms with Crippen molar-refractivity contribution in [1.29, 1.82) is 0 Å². The number of rotatable bonds is 8. The van der Waals surface area contributed by atoms with Gasteiger partial charge in [0.05, 0.1) is 17.9 Å². The molecule has 0 bridgehead atoms. The van der Waals surface area contributed by atoms with Crippen molar-refractivity contribution in [2.24, 2.45) is 10.8 Å². The maximum atomic E-state index is 11.9. The van der Waals surface area contributed by atoms with Crippen molar-refractivity contribution in [2.75, 3.05) is 7.11 Å². The molecule has 0 aliphatic rings. The van der Waals surface area contributed by atoms with Crippen LogP contribution in [0.1, 0.15) is 59.8 Å². The maximum absolute atomic E-state index is 11.9. The fraction of sp³-hybridized carbons (Fsp3) is 0.857. The van der Waals surface area contributed by atoms with Gasteiger partial charge in [0, 0.05) is 0 Å². The first-order valence-corrected chi connectivity index (χ1v) is 6.63. The van der Waals surface area contributed by atoms with Crippen molar-refractivity contribution in [3.63, 3.8) is 0 Å². The lowest BCUT2D eigenvalue weighted by Gasteiger charge is -2.32. The van der Waals surface area contributed by atoms with E-state index in [1.807, 2.05) is 20.8 Å². The molecule has 0 heterocycles. The number of hydrogen-bond acceptors (Lipinski definition) is 3. The number of esters is 1. The summed E-state index contributed by atoms with van der Waals surface area (Å²) < 4.78 is 4.87. The summed E-state index contributed by atoms with van der Waals surface area (Å²) in [5.41, 5.74) is -1.30. The molecule has 106 valence electrons. The van der Waals surface area contributed by atoms with Crippen LogP contribution in [0.25, 0.3) is 0 Å². The molecule has 0 aromatic heterocycles. The first kappa shape index (κ1) is 16.9. The minimum absolute atomic E-state index is 0.226. The van der Waals surface area contributed by atoms with Crippen LogP contribution >= 0.6 is 0 Å². The molecule has 4 heteroatoms. The third kappa shape index (κ3) is 3.47. The molecule has 0 radical (unpaired) electrons. The molecule has 0 aromatic carbocycles. The monoisotopic (exact) mass is 258 g/mol. The van der Waals surface area contributed by atoms with Crippen LogP contribution in [-0.4, -0.2) is 24.2 Å². The lowest BCUT2D eigenvalue weighted by molar-refractivity contribution is -0.156. The van der Waals surface area contributed by atoms with E-state index in [0.717, 1.165) is 0 Å². The summed E-state index contributed by atoms with van der Waals surface area (Å²) in [7, 11) is 1.39. The van der Waals surface area contributed by atoms with E-state index in [1.165, 1.54) is 7.11 Å². The normalized spacial score (nSPS) is 14.9. The van der Waals surface area contributed by atoms with Gasteiger partial charge in [0.25, 0.3) is 0 Å². The molecular weight excluding hydrogens is 232 g/mol. The van der Waals surface area contributed by atoms with E-state index in [-0.39, 0.29) is 5.97 Å². The number of carboxylic acids is 1. The van der Waals surface area contributed by atoms with Gasteiger partial charge in [-0.3, -0.25) is 9.59 Å². The summed E-state index contributed by atoms with van der Waals surface area (Å²) in [5.74, 6) is -1.02. The molecule has 18 heavy (non-hydrogen) atoms. The molecule has 0 aliphatic heterocycles. The largest absolute Gasteiger partial charge is 0.481 e. The third-order valence-electron chi connectivity index (χ3n) is 4.42. The van der Waals surface area contributed by atoms with Gasteiger partial charge in [-0.2, -0.15) is 0 Å². The van der Waals surface area contributed by atoms with Crippen LogP contribution in [0.15, 0.2) is 0 Å². The van der Waals surface area contributed by atoms with Crippen molar-refractivity contribution < 1.29 is 19.4 Å². The summed E-state index contributed by atoms with van der Waals surface area (Å²) in [6.07, 6.45) is 2.97. The Morgan fingerprint density at radius 3 is 1.83 bits per heavy atom. The second-order valence-corrected chi connectivity index (χ2v) is 5.20. The van der Waals surface area contributed by atoms with Gasteiger partial charge in [-0.15, -0.1) is 0 Å². The highest BCUT2D eigenvalue weighted by Crippen LogP contribution is 2.39. The molecule has 0 spiro atoms. The van der Waals surface area contributed by atoms with E-state index in [4.69, 9.17) is 4.74 Å². The zero-order valence-corrected chi connectivity index (χ0v) is 12.2. The number of methoxy groups -OCH3 is 1. The lowest BCUT2D eigenvalue weighted by Crippen LogP contribution is -2.35. The molecule has 0 fully saturated rings. The van der Waals surface area contributed by atoms with Gasteiger partial charge in [0.2, 0.25) is 0 Å². The number of carbonyl (C=O) groups excluding carboxylic acids is 1. The highest BCUT2D eigenvalue weighted by molar-refractivity contribution is 5.77. The molecule has 4 nitrogen and oxygen atoms in total. The molecule has 0 aliphatic carbocycles. The van der Waals surface area contributed by atoms with E-state index in [0.29, 0.717) is 32.1 Å². The van der Waals surface area contributed by atoms with E-state index in [9.17, 15) is 14.7 Å². The smallest absolute Gasteiger partial charge is 0.311 e. The van der Waals surface area contributed by atoms with Crippen LogP contribution < -0.4 is 0 Å². The number of ether oxygens (including phenoxy) is 1. The second kappa shape index (κ2) is 6.76. The van der Waals surface area contributed by atoms with E-state index >= 15 is 0 Å². The Hall–Kier alpha value is -1.06. The molecule has 0 rings (SSSR count). The van der Waals surface area contributed by atoms with Crippen molar-refractivity contribution in [3.05, 3.63) is 0 Å². The number of aliphatic carboxylic acids is 1. The van der Waals surface area contributed by atoms with E-state index in [2.05, 4.69) is 0 Å². The van der Waals surface area contributed by atoms with Crippen LogP contribution in [0.3, 0.4) is 0 Å². The van der Waals surface area contributed by atoms with Gasteiger partial charge in [0.1, 0.15) is 0 Å². The van der Waals surface area contributed by atoms with Crippen molar-refractivity contribution in [3.8, 4) is 0 Å². The molecule has 1 atom stereocenters. The zero-order valence-electron chi connectivity index (χ0n) is 12.2. The maximum Gasteiger partial charge on any atom is 0.311 e. The van der Waals surface area contributed by atoms with Crippen molar-refractivity contribution in [2.45, 2.75) is 59.8 Å². The summed E-state index contributed by atoms with van der Waals surface area (Å²) >= 11 is 0.